The summed E-state index contributed by atoms with van der Waals surface area (Å²) in [6.45, 7) is 0.455. The average Bonchev–Trinajstić information content (AvgIpc) is 3.45. The maximum Gasteiger partial charge on any atom is 0.407 e. The van der Waals surface area contributed by atoms with Crippen molar-refractivity contribution in [3.8, 4) is 0 Å². The van der Waals surface area contributed by atoms with Crippen LogP contribution in [0.15, 0.2) is 60.8 Å². The molecule has 2 aromatic carbocycles. The molecule has 2 atom stereocenters. The third-order valence-corrected chi connectivity index (χ3v) is 10.2. The number of carbonyl (C=O) groups excluding carboxylic acids is 4. The first kappa shape index (κ1) is 31.6. The number of aromatic nitrogens is 1. The van der Waals surface area contributed by atoms with Crippen molar-refractivity contribution in [3.63, 3.8) is 0 Å². The predicted octanol–water partition coefficient (Wildman–Crippen LogP) is 3.74. The number of H-pyrrole nitrogens is 1. The lowest BCUT2D eigenvalue weighted by Crippen LogP contribution is -2.59. The number of aliphatic carboxylic acids is 1. The molecule has 4 bridgehead atoms. The molecule has 3 amide bonds. The van der Waals surface area contributed by atoms with E-state index in [0.29, 0.717) is 37.1 Å². The summed E-state index contributed by atoms with van der Waals surface area (Å²) in [7, 11) is 0. The number of hydrogen-bond donors (Lipinski definition) is 4. The zero-order chi connectivity index (χ0) is 32.1. The predicted molar refractivity (Wildman–Crippen MR) is 170 cm³/mol. The first-order valence-electron chi connectivity index (χ1n) is 16.6. The first-order valence-corrected chi connectivity index (χ1v) is 16.6. The second-order valence-corrected chi connectivity index (χ2v) is 13.7. The smallest absolute Gasteiger partial charge is 0.407 e. The number of unbranched alkanes of at least 4 members (excludes halogenated alkanes) is 1. The van der Waals surface area contributed by atoms with Crippen LogP contribution in [0.2, 0.25) is 0 Å². The third kappa shape index (κ3) is 7.37. The van der Waals surface area contributed by atoms with Crippen molar-refractivity contribution < 1.29 is 29.0 Å². The summed E-state index contributed by atoms with van der Waals surface area (Å²) in [6, 6.07) is 14.9. The molecule has 0 radical (unpaired) electrons. The molecule has 46 heavy (non-hydrogen) atoms. The largest absolute Gasteiger partial charge is 0.548 e. The monoisotopic (exact) mass is 627 g/mol. The van der Waals surface area contributed by atoms with E-state index in [-0.39, 0.29) is 25.4 Å². The second-order valence-electron chi connectivity index (χ2n) is 13.7. The second kappa shape index (κ2) is 14.0. The van der Waals surface area contributed by atoms with E-state index in [9.17, 15) is 24.3 Å². The minimum atomic E-state index is -1.39. The van der Waals surface area contributed by atoms with Gasteiger partial charge in [0, 0.05) is 35.5 Å². The summed E-state index contributed by atoms with van der Waals surface area (Å²) in [6.07, 6.45) is 8.73. The zero-order valence-corrected chi connectivity index (χ0v) is 26.1. The van der Waals surface area contributed by atoms with Gasteiger partial charge in [-0.05, 0) is 92.7 Å². The number of aromatic amines is 1. The van der Waals surface area contributed by atoms with Gasteiger partial charge in [0.05, 0.1) is 12.0 Å². The fourth-order valence-electron chi connectivity index (χ4n) is 8.39. The molecule has 10 nitrogen and oxygen atoms in total. The Hall–Kier alpha value is -4.34. The number of para-hydroxylation sites is 1. The summed E-state index contributed by atoms with van der Waals surface area (Å²) in [5.41, 5.74) is 2.23. The molecule has 0 aliphatic heterocycles. The lowest BCUT2D eigenvalue weighted by atomic mass is 9.49. The molecule has 3 aromatic rings. The topological polar surface area (TPSA) is 152 Å². The molecule has 244 valence electrons. The standard InChI is InChI=1S/C36H44N4O6/c41-32(39-30(33(42)43)12-6-7-13-37-35(45)46-22-23-8-2-1-3-9-23)31(17-27-21-38-29-11-5-4-10-28(27)29)40-34(44)36-18-24-14-25(19-36)16-26(15-24)20-36/h1-5,8-11,21,24-26,30-31,38H,6-7,12-20,22H2,(H,37,45)(H,39,41)(H,40,44)(H,42,43)/p-1/t24?,25?,26?,30-,31-,36?/m1/s1. The van der Waals surface area contributed by atoms with Gasteiger partial charge in [-0.1, -0.05) is 48.5 Å². The van der Waals surface area contributed by atoms with Crippen molar-refractivity contribution in [2.45, 2.75) is 82.9 Å². The SMILES string of the molecule is O=C(NCCCC[C@@H](NC(=O)[C@@H](Cc1c[nH]c2ccccc12)NC(=O)C12CC3CC(CC(C3)C1)C2)C(=O)[O-])OCc1ccccc1. The molecular weight excluding hydrogens is 584 g/mol. The van der Waals surface area contributed by atoms with Gasteiger partial charge in [-0.3, -0.25) is 9.59 Å². The Morgan fingerprint density at radius 2 is 1.54 bits per heavy atom. The Kier molecular flexibility index (Phi) is 9.61. The quantitative estimate of drug-likeness (QED) is 0.200. The minimum absolute atomic E-state index is 0.0817. The highest BCUT2D eigenvalue weighted by Gasteiger charge is 2.55. The van der Waals surface area contributed by atoms with E-state index >= 15 is 0 Å². The van der Waals surface area contributed by atoms with Gasteiger partial charge in [0.1, 0.15) is 12.6 Å². The Morgan fingerprint density at radius 1 is 0.870 bits per heavy atom. The number of rotatable bonds is 14. The number of alkyl carbamates (subject to hydrolysis) is 1. The molecule has 1 aromatic heterocycles. The fourth-order valence-corrected chi connectivity index (χ4v) is 8.39. The van der Waals surface area contributed by atoms with Crippen LogP contribution >= 0.6 is 0 Å². The third-order valence-electron chi connectivity index (χ3n) is 10.2. The van der Waals surface area contributed by atoms with Crippen LogP contribution in [0.25, 0.3) is 10.9 Å². The molecular formula is C36H43N4O6-. The molecule has 4 aliphatic carbocycles. The van der Waals surface area contributed by atoms with E-state index in [2.05, 4.69) is 20.9 Å². The van der Waals surface area contributed by atoms with E-state index in [1.54, 1.807) is 0 Å². The lowest BCUT2D eigenvalue weighted by molar-refractivity contribution is -0.308. The summed E-state index contributed by atoms with van der Waals surface area (Å²) in [5.74, 6) is -0.300. The highest BCUT2D eigenvalue weighted by Crippen LogP contribution is 2.60. The summed E-state index contributed by atoms with van der Waals surface area (Å²) in [5, 5.41) is 21.5. The van der Waals surface area contributed by atoms with Crippen molar-refractivity contribution in [2.75, 3.05) is 6.54 Å². The van der Waals surface area contributed by atoms with Crippen LogP contribution in [0.1, 0.15) is 68.9 Å². The molecule has 10 heteroatoms. The molecule has 0 unspecified atom stereocenters. The molecule has 0 saturated heterocycles. The van der Waals surface area contributed by atoms with Gasteiger partial charge < -0.3 is 35.6 Å². The molecule has 4 N–H and O–H groups in total. The molecule has 7 rings (SSSR count). The molecule has 4 aliphatic rings. The first-order chi connectivity index (χ1) is 22.3. The summed E-state index contributed by atoms with van der Waals surface area (Å²) in [4.78, 5) is 55.1. The van der Waals surface area contributed by atoms with Gasteiger partial charge in [-0.25, -0.2) is 4.79 Å². The summed E-state index contributed by atoms with van der Waals surface area (Å²) < 4.78 is 5.20. The fraction of sp³-hybridized carbons (Fsp3) is 0.500. The number of hydrogen-bond acceptors (Lipinski definition) is 6. The van der Waals surface area contributed by atoms with Gasteiger partial charge in [-0.2, -0.15) is 0 Å². The number of carboxylic acid groups (broad SMARTS) is 1. The van der Waals surface area contributed by atoms with Crippen molar-refractivity contribution in [2.24, 2.45) is 23.2 Å². The number of fused-ring (bicyclic) bond motifs is 1. The van der Waals surface area contributed by atoms with E-state index < -0.39 is 35.5 Å². The Labute approximate surface area is 269 Å². The highest BCUT2D eigenvalue weighted by molar-refractivity contribution is 5.93. The maximum atomic E-state index is 14.0. The van der Waals surface area contributed by atoms with E-state index in [1.807, 2.05) is 60.8 Å². The van der Waals surface area contributed by atoms with Crippen LogP contribution in [-0.4, -0.2) is 47.5 Å². The number of ether oxygens (including phenoxy) is 1. The van der Waals surface area contributed by atoms with Crippen LogP contribution in [-0.2, 0) is 32.1 Å². The number of benzene rings is 2. The molecule has 0 spiro atoms. The Balaban J connectivity index is 1.06. The van der Waals surface area contributed by atoms with E-state index in [1.165, 1.54) is 19.3 Å². The number of amides is 3. The van der Waals surface area contributed by atoms with Crippen LogP contribution in [0, 0.1) is 23.2 Å². The van der Waals surface area contributed by atoms with Crippen LogP contribution < -0.4 is 21.1 Å². The summed E-state index contributed by atoms with van der Waals surface area (Å²) >= 11 is 0. The van der Waals surface area contributed by atoms with Gasteiger partial charge in [0.2, 0.25) is 11.8 Å². The zero-order valence-electron chi connectivity index (χ0n) is 26.1. The van der Waals surface area contributed by atoms with Crippen molar-refractivity contribution >= 4 is 34.8 Å². The molecule has 4 saturated carbocycles. The van der Waals surface area contributed by atoms with E-state index in [0.717, 1.165) is 41.3 Å². The van der Waals surface area contributed by atoms with Crippen molar-refractivity contribution in [1.29, 1.82) is 0 Å². The maximum absolute atomic E-state index is 14.0. The van der Waals surface area contributed by atoms with Crippen LogP contribution in [0.4, 0.5) is 4.79 Å². The van der Waals surface area contributed by atoms with Crippen molar-refractivity contribution in [3.05, 3.63) is 71.9 Å². The Bertz CT molecular complexity index is 1520. The van der Waals surface area contributed by atoms with Crippen molar-refractivity contribution in [1.82, 2.24) is 20.9 Å². The molecule has 4 fully saturated rings. The lowest BCUT2D eigenvalue weighted by Gasteiger charge is -2.55. The number of nitrogens with one attached hydrogen (secondary N) is 4. The van der Waals surface area contributed by atoms with E-state index in [4.69, 9.17) is 4.74 Å². The number of carbonyl (C=O) groups is 4. The van der Waals surface area contributed by atoms with Gasteiger partial charge in [0.15, 0.2) is 0 Å². The Morgan fingerprint density at radius 3 is 2.24 bits per heavy atom. The molecule has 1 heterocycles. The highest BCUT2D eigenvalue weighted by atomic mass is 16.5. The number of carboxylic acids is 1. The van der Waals surface area contributed by atoms with Gasteiger partial charge in [-0.15, -0.1) is 0 Å². The minimum Gasteiger partial charge on any atom is -0.548 e. The average molecular weight is 628 g/mol. The van der Waals surface area contributed by atoms with Crippen LogP contribution in [0.3, 0.4) is 0 Å². The van der Waals surface area contributed by atoms with Gasteiger partial charge >= 0.3 is 6.09 Å². The van der Waals surface area contributed by atoms with Gasteiger partial charge in [0.25, 0.3) is 0 Å². The van der Waals surface area contributed by atoms with Crippen LogP contribution in [0.5, 0.6) is 0 Å². The normalized spacial score (nSPS) is 24.2.